The van der Waals surface area contributed by atoms with Gasteiger partial charge in [-0.25, -0.2) is 0 Å². The van der Waals surface area contributed by atoms with Gasteiger partial charge in [0, 0.05) is 0 Å². The molecule has 0 bridgehead atoms. The standard InChI is InChI=1S/C13H9.C5H5.2CH3.H2Si.Zr/c1-3-7-12-10(5-1)9-11-6-2-4-8-13(11)12;1-2-4-5-3-1;;;;/h1-5,7-8H,9H2;1-3H,4H2;2*1H3;1H2;. The molecule has 22 heavy (non-hydrogen) atoms. The molecule has 2 aromatic rings. The Morgan fingerprint density at radius 2 is 1.73 bits per heavy atom. The fraction of sp³-hybridized carbons (Fsp3) is 0.200. The van der Waals surface area contributed by atoms with Gasteiger partial charge in [0.15, 0.2) is 0 Å². The van der Waals surface area contributed by atoms with Crippen molar-refractivity contribution in [3.8, 4) is 11.1 Å². The molecule has 0 N–H and O–H groups in total. The van der Waals surface area contributed by atoms with Crippen LogP contribution in [0.5, 0.6) is 0 Å². The van der Waals surface area contributed by atoms with Gasteiger partial charge in [0.1, 0.15) is 0 Å². The van der Waals surface area contributed by atoms with Crippen molar-refractivity contribution in [2.24, 2.45) is 0 Å². The van der Waals surface area contributed by atoms with Crippen LogP contribution in [0.15, 0.2) is 64.0 Å². The summed E-state index contributed by atoms with van der Waals surface area (Å²) in [5, 5.41) is 0. The molecule has 4 rings (SSSR count). The van der Waals surface area contributed by atoms with E-state index in [0.717, 1.165) is 6.42 Å². The van der Waals surface area contributed by atoms with Crippen LogP contribution in [0.4, 0.5) is 0 Å². The Bertz CT molecular complexity index is 909. The van der Waals surface area contributed by atoms with Crippen LogP contribution in [0.2, 0.25) is 9.26 Å². The molecular weight excluding hydrogens is 360 g/mol. The summed E-state index contributed by atoms with van der Waals surface area (Å²) in [5.74, 6) is 0. The van der Waals surface area contributed by atoms with Crippen molar-refractivity contribution in [3.05, 3.63) is 75.1 Å². The van der Waals surface area contributed by atoms with Crippen LogP contribution in [-0.2, 0) is 23.8 Å². The van der Waals surface area contributed by atoms with E-state index in [4.69, 9.17) is 0 Å². The Balaban J connectivity index is 1.95. The van der Waals surface area contributed by atoms with Gasteiger partial charge in [0.2, 0.25) is 0 Å². The van der Waals surface area contributed by atoms with Gasteiger partial charge in [-0.3, -0.25) is 0 Å². The second-order valence-electron chi connectivity index (χ2n) is 7.68. The van der Waals surface area contributed by atoms with Crippen LogP contribution in [0.25, 0.3) is 11.1 Å². The molecule has 0 aromatic heterocycles. The van der Waals surface area contributed by atoms with Gasteiger partial charge in [-0.2, -0.15) is 0 Å². The summed E-state index contributed by atoms with van der Waals surface area (Å²) in [6.07, 6.45) is 9.26. The zero-order chi connectivity index (χ0) is 15.4. The van der Waals surface area contributed by atoms with Crippen molar-refractivity contribution in [2.75, 3.05) is 0 Å². The van der Waals surface area contributed by atoms with E-state index >= 15 is 0 Å². The number of hydrogen-bond donors (Lipinski definition) is 0. The van der Waals surface area contributed by atoms with Gasteiger partial charge in [-0.1, -0.05) is 0 Å². The minimum atomic E-state index is -3.02. The van der Waals surface area contributed by atoms with Gasteiger partial charge in [-0.15, -0.1) is 0 Å². The predicted octanol–water partition coefficient (Wildman–Crippen LogP) is 4.06. The van der Waals surface area contributed by atoms with Gasteiger partial charge in [0.25, 0.3) is 0 Å². The Morgan fingerprint density at radius 3 is 2.50 bits per heavy atom. The third-order valence-electron chi connectivity index (χ3n) is 5.52. The summed E-state index contributed by atoms with van der Waals surface area (Å²) in [6.45, 7) is 2.34. The first-order chi connectivity index (χ1) is 10.5. The number of benzene rings is 2. The maximum absolute atomic E-state index is 3.02. The van der Waals surface area contributed by atoms with Gasteiger partial charge >= 0.3 is 136 Å². The Hall–Kier alpha value is -0.980. The number of allylic oxidation sites excluding steroid dienone is 4. The zero-order valence-electron chi connectivity index (χ0n) is 13.4. The molecule has 0 amide bonds. The molecule has 0 aliphatic heterocycles. The van der Waals surface area contributed by atoms with Crippen LogP contribution >= 0.6 is 0 Å². The predicted molar refractivity (Wildman–Crippen MR) is 96.4 cm³/mol. The third-order valence-corrected chi connectivity index (χ3v) is 21.8. The van der Waals surface area contributed by atoms with E-state index in [9.17, 15) is 0 Å². The van der Waals surface area contributed by atoms with Crippen molar-refractivity contribution in [1.82, 2.24) is 0 Å². The third kappa shape index (κ3) is 2.04. The molecule has 110 valence electrons. The molecule has 2 aliphatic carbocycles. The van der Waals surface area contributed by atoms with Crippen LogP contribution in [0.1, 0.15) is 17.5 Å². The van der Waals surface area contributed by atoms with E-state index in [1.165, 1.54) is 23.1 Å². The molecule has 0 nitrogen and oxygen atoms in total. The number of rotatable bonds is 2. The van der Waals surface area contributed by atoms with Crippen LogP contribution in [0.3, 0.4) is 0 Å². The molecular formula is C20H22SiZr. The molecule has 0 fully saturated rings. The zero-order valence-corrected chi connectivity index (χ0v) is 17.3. The van der Waals surface area contributed by atoms with Crippen molar-refractivity contribution in [1.29, 1.82) is 0 Å². The quantitative estimate of drug-likeness (QED) is 0.587. The molecule has 0 heterocycles. The summed E-state index contributed by atoms with van der Waals surface area (Å²) in [4.78, 5) is 0. The molecule has 0 spiro atoms. The summed E-state index contributed by atoms with van der Waals surface area (Å²) in [6, 6.07) is 16.0. The summed E-state index contributed by atoms with van der Waals surface area (Å²) in [7, 11) is 0. The first-order valence-corrected chi connectivity index (χ1v) is 21.4. The SMILES string of the molecule is [CH3][Zr]([CH3])(=[SiH2])([C]1=CC=CC1)[c]1cccc2c1Cc1ccccc1-2. The maximum atomic E-state index is 2.61. The van der Waals surface area contributed by atoms with E-state index in [-0.39, 0.29) is 0 Å². The number of hydrogen-bond acceptors (Lipinski definition) is 0. The summed E-state index contributed by atoms with van der Waals surface area (Å²) >= 11 is -3.02. The molecule has 0 radical (unpaired) electrons. The topological polar surface area (TPSA) is 0 Å². The second kappa shape index (κ2) is 4.76. The van der Waals surface area contributed by atoms with Gasteiger partial charge < -0.3 is 0 Å². The Kier molecular flexibility index (Phi) is 3.16. The van der Waals surface area contributed by atoms with Crippen molar-refractivity contribution >= 4 is 10.2 Å². The van der Waals surface area contributed by atoms with E-state index in [0.29, 0.717) is 0 Å². The van der Waals surface area contributed by atoms with Crippen molar-refractivity contribution in [3.63, 3.8) is 0 Å². The Morgan fingerprint density at radius 1 is 0.955 bits per heavy atom. The van der Waals surface area contributed by atoms with Crippen molar-refractivity contribution < 1.29 is 17.4 Å². The molecule has 2 heteroatoms. The van der Waals surface area contributed by atoms with E-state index in [2.05, 4.69) is 76.8 Å². The Labute approximate surface area is 135 Å². The van der Waals surface area contributed by atoms with E-state index in [1.807, 2.05) is 0 Å². The molecule has 2 aromatic carbocycles. The van der Waals surface area contributed by atoms with Crippen LogP contribution in [0, 0.1) is 0 Å². The molecule has 2 aliphatic rings. The van der Waals surface area contributed by atoms with Crippen molar-refractivity contribution in [2.45, 2.75) is 22.1 Å². The normalized spacial score (nSPS) is 16.4. The molecule has 0 unspecified atom stereocenters. The molecule has 0 atom stereocenters. The minimum absolute atomic E-state index is 1.12. The first kappa shape index (κ1) is 14.6. The van der Waals surface area contributed by atoms with Crippen LogP contribution < -0.4 is 3.27 Å². The average Bonchev–Trinajstić information content (AvgIpc) is 3.14. The second-order valence-corrected chi connectivity index (χ2v) is 36.3. The average molecular weight is 382 g/mol. The summed E-state index contributed by atoms with van der Waals surface area (Å²) < 4.78 is 8.64. The molecule has 0 saturated heterocycles. The first-order valence-electron chi connectivity index (χ1n) is 8.10. The fourth-order valence-electron chi connectivity index (χ4n) is 4.12. The van der Waals surface area contributed by atoms with Gasteiger partial charge in [-0.05, 0) is 0 Å². The fourth-order valence-corrected chi connectivity index (χ4v) is 16.4. The summed E-state index contributed by atoms with van der Waals surface area (Å²) in [5.41, 5.74) is 6.04. The van der Waals surface area contributed by atoms with Crippen LogP contribution in [-0.4, -0.2) is 6.88 Å². The van der Waals surface area contributed by atoms with Gasteiger partial charge in [0.05, 0.1) is 0 Å². The van der Waals surface area contributed by atoms with E-state index in [1.54, 1.807) is 12.1 Å². The molecule has 0 saturated carbocycles. The van der Waals surface area contributed by atoms with E-state index < -0.39 is 17.4 Å². The monoisotopic (exact) mass is 380 g/mol. The number of fused-ring (bicyclic) bond motifs is 3.